The van der Waals surface area contributed by atoms with Gasteiger partial charge in [0.25, 0.3) is 0 Å². The third-order valence-corrected chi connectivity index (χ3v) is 0.982. The van der Waals surface area contributed by atoms with Crippen LogP contribution < -0.4 is 11.2 Å². The lowest BCUT2D eigenvalue weighted by molar-refractivity contribution is 0.199. The van der Waals surface area contributed by atoms with Crippen LogP contribution >= 0.6 is 0 Å². The molecule has 0 unspecified atom stereocenters. The van der Waals surface area contributed by atoms with Crippen LogP contribution in [0.25, 0.3) is 0 Å². The van der Waals surface area contributed by atoms with Crippen LogP contribution in [0.5, 0.6) is 0 Å². The Morgan fingerprint density at radius 2 is 2.56 bits per heavy atom. The van der Waals surface area contributed by atoms with Crippen molar-refractivity contribution in [2.75, 3.05) is 6.54 Å². The molecule has 1 heterocycles. The number of rotatable bonds is 0. The van der Waals surface area contributed by atoms with Crippen molar-refractivity contribution in [2.24, 2.45) is 10.9 Å². The zero-order valence-corrected chi connectivity index (χ0v) is 5.09. The SMILES string of the molecule is CC1=NN(N)C(=O)NC1. The normalized spacial score (nSPS) is 19.1. The summed E-state index contributed by atoms with van der Waals surface area (Å²) in [5.41, 5.74) is 0.803. The predicted octanol–water partition coefficient (Wildman–Crippen LogP) is -0.739. The van der Waals surface area contributed by atoms with Gasteiger partial charge in [0.05, 0.1) is 12.3 Å². The summed E-state index contributed by atoms with van der Waals surface area (Å²) in [6, 6.07) is -0.361. The van der Waals surface area contributed by atoms with Gasteiger partial charge in [0.15, 0.2) is 0 Å². The predicted molar refractivity (Wildman–Crippen MR) is 32.5 cm³/mol. The molecule has 1 rings (SSSR count). The molecule has 0 aromatic heterocycles. The van der Waals surface area contributed by atoms with Gasteiger partial charge in [-0.1, -0.05) is 0 Å². The van der Waals surface area contributed by atoms with Crippen LogP contribution in [0.1, 0.15) is 6.92 Å². The van der Waals surface area contributed by atoms with E-state index in [-0.39, 0.29) is 6.03 Å². The van der Waals surface area contributed by atoms with E-state index in [1.165, 1.54) is 0 Å². The maximum atomic E-state index is 10.5. The van der Waals surface area contributed by atoms with Crippen LogP contribution in [0.15, 0.2) is 5.10 Å². The van der Waals surface area contributed by atoms with Gasteiger partial charge in [0.2, 0.25) is 0 Å². The van der Waals surface area contributed by atoms with E-state index in [0.29, 0.717) is 6.54 Å². The smallest absolute Gasteiger partial charge is 0.330 e. The van der Waals surface area contributed by atoms with Gasteiger partial charge in [-0.25, -0.2) is 10.6 Å². The number of hydrogen-bond donors (Lipinski definition) is 2. The topological polar surface area (TPSA) is 70.7 Å². The summed E-state index contributed by atoms with van der Waals surface area (Å²) in [6.07, 6.45) is 0. The third-order valence-electron chi connectivity index (χ3n) is 0.982. The number of hydrazone groups is 1. The molecule has 0 fully saturated rings. The van der Waals surface area contributed by atoms with Crippen LogP contribution in [0.4, 0.5) is 4.79 Å². The summed E-state index contributed by atoms with van der Waals surface area (Å²) in [5, 5.41) is 6.98. The van der Waals surface area contributed by atoms with Gasteiger partial charge in [-0.2, -0.15) is 5.10 Å². The van der Waals surface area contributed by atoms with Crippen molar-refractivity contribution >= 4 is 11.7 Å². The van der Waals surface area contributed by atoms with Crippen molar-refractivity contribution in [1.29, 1.82) is 0 Å². The number of carbonyl (C=O) groups excluding carboxylic acids is 1. The standard InChI is InChI=1S/C4H8N4O/c1-3-2-6-4(9)8(5)7-3/h2,5H2,1H3,(H,6,9). The first-order valence-corrected chi connectivity index (χ1v) is 2.57. The Balaban J connectivity index is 2.69. The molecule has 0 saturated carbocycles. The Hall–Kier alpha value is -1.10. The van der Waals surface area contributed by atoms with Crippen LogP contribution in [-0.4, -0.2) is 23.4 Å². The first kappa shape index (κ1) is 6.03. The summed E-state index contributed by atoms with van der Waals surface area (Å²) in [6.45, 7) is 2.28. The second-order valence-corrected chi connectivity index (χ2v) is 1.84. The number of carbonyl (C=O) groups is 1. The van der Waals surface area contributed by atoms with Crippen LogP contribution in [0.2, 0.25) is 0 Å². The number of nitrogens with one attached hydrogen (secondary N) is 1. The van der Waals surface area contributed by atoms with Gasteiger partial charge in [0.1, 0.15) is 0 Å². The number of nitrogens with two attached hydrogens (primary N) is 1. The largest absolute Gasteiger partial charge is 0.353 e. The van der Waals surface area contributed by atoms with E-state index in [4.69, 9.17) is 5.84 Å². The maximum absolute atomic E-state index is 10.5. The Kier molecular flexibility index (Phi) is 1.35. The molecule has 1 aliphatic heterocycles. The average Bonchev–Trinajstić information content (AvgIpc) is 1.80. The fourth-order valence-corrected chi connectivity index (χ4v) is 0.549. The summed E-state index contributed by atoms with van der Waals surface area (Å²) in [7, 11) is 0. The summed E-state index contributed by atoms with van der Waals surface area (Å²) < 4.78 is 0. The van der Waals surface area contributed by atoms with Gasteiger partial charge < -0.3 is 5.32 Å². The lowest BCUT2D eigenvalue weighted by Gasteiger charge is -2.17. The van der Waals surface area contributed by atoms with Crippen LogP contribution in [-0.2, 0) is 0 Å². The molecule has 9 heavy (non-hydrogen) atoms. The minimum Gasteiger partial charge on any atom is -0.330 e. The van der Waals surface area contributed by atoms with Crippen molar-refractivity contribution in [3.63, 3.8) is 0 Å². The molecule has 2 amide bonds. The Morgan fingerprint density at radius 1 is 1.89 bits per heavy atom. The van der Waals surface area contributed by atoms with E-state index in [9.17, 15) is 4.79 Å². The minimum atomic E-state index is -0.361. The highest BCUT2D eigenvalue weighted by atomic mass is 16.2. The summed E-state index contributed by atoms with van der Waals surface area (Å²) in [4.78, 5) is 10.5. The first-order valence-electron chi connectivity index (χ1n) is 2.57. The van der Waals surface area contributed by atoms with Gasteiger partial charge in [-0.3, -0.25) is 0 Å². The third kappa shape index (κ3) is 1.17. The molecule has 0 bridgehead atoms. The van der Waals surface area contributed by atoms with E-state index in [0.717, 1.165) is 10.8 Å². The highest BCUT2D eigenvalue weighted by Gasteiger charge is 2.12. The Bertz CT molecular complexity index is 164. The molecular formula is C4H8N4O. The van der Waals surface area contributed by atoms with E-state index < -0.39 is 0 Å². The molecular weight excluding hydrogens is 120 g/mol. The Morgan fingerprint density at radius 3 is 3.00 bits per heavy atom. The van der Waals surface area contributed by atoms with Crippen molar-refractivity contribution in [3.05, 3.63) is 0 Å². The molecule has 5 nitrogen and oxygen atoms in total. The van der Waals surface area contributed by atoms with E-state index in [1.54, 1.807) is 6.92 Å². The zero-order valence-electron chi connectivity index (χ0n) is 5.09. The van der Waals surface area contributed by atoms with Crippen molar-refractivity contribution in [1.82, 2.24) is 10.4 Å². The fraction of sp³-hybridized carbons (Fsp3) is 0.500. The lowest BCUT2D eigenvalue weighted by atomic mass is 10.4. The molecule has 0 aromatic carbocycles. The summed E-state index contributed by atoms with van der Waals surface area (Å²) in [5.74, 6) is 5.10. The van der Waals surface area contributed by atoms with Gasteiger partial charge >= 0.3 is 6.03 Å². The molecule has 1 aliphatic rings. The fourth-order valence-electron chi connectivity index (χ4n) is 0.549. The molecule has 0 aromatic rings. The van der Waals surface area contributed by atoms with Gasteiger partial charge in [0, 0.05) is 0 Å². The second-order valence-electron chi connectivity index (χ2n) is 1.84. The first-order chi connectivity index (χ1) is 4.20. The van der Waals surface area contributed by atoms with Crippen LogP contribution in [0.3, 0.4) is 0 Å². The molecule has 0 aliphatic carbocycles. The van der Waals surface area contributed by atoms with E-state index >= 15 is 0 Å². The number of hydrazine groups is 1. The molecule has 3 N–H and O–H groups in total. The second kappa shape index (κ2) is 2.02. The monoisotopic (exact) mass is 128 g/mol. The molecule has 50 valence electrons. The lowest BCUT2D eigenvalue weighted by Crippen LogP contribution is -2.47. The number of amides is 2. The number of nitrogens with zero attached hydrogens (tertiary/aromatic N) is 2. The molecule has 0 spiro atoms. The van der Waals surface area contributed by atoms with E-state index in [1.807, 2.05) is 0 Å². The Labute approximate surface area is 52.5 Å². The van der Waals surface area contributed by atoms with Crippen LogP contribution in [0, 0.1) is 0 Å². The van der Waals surface area contributed by atoms with Crippen molar-refractivity contribution in [2.45, 2.75) is 6.92 Å². The minimum absolute atomic E-state index is 0.361. The average molecular weight is 128 g/mol. The number of urea groups is 1. The highest BCUT2D eigenvalue weighted by molar-refractivity contribution is 5.91. The van der Waals surface area contributed by atoms with Crippen molar-refractivity contribution in [3.8, 4) is 0 Å². The summed E-state index contributed by atoms with van der Waals surface area (Å²) >= 11 is 0. The molecule has 0 radical (unpaired) electrons. The molecule has 0 saturated heterocycles. The van der Waals surface area contributed by atoms with Gasteiger partial charge in [-0.05, 0) is 6.92 Å². The quantitative estimate of drug-likeness (QED) is 0.333. The number of hydrogen-bond acceptors (Lipinski definition) is 3. The van der Waals surface area contributed by atoms with E-state index in [2.05, 4.69) is 10.4 Å². The van der Waals surface area contributed by atoms with Gasteiger partial charge in [-0.15, -0.1) is 5.12 Å². The molecule has 0 atom stereocenters. The highest BCUT2D eigenvalue weighted by Crippen LogP contribution is 1.89. The maximum Gasteiger partial charge on any atom is 0.353 e. The van der Waals surface area contributed by atoms with Crippen molar-refractivity contribution < 1.29 is 4.79 Å². The zero-order chi connectivity index (χ0) is 6.85. The molecule has 5 heteroatoms.